The first-order chi connectivity index (χ1) is 10.5. The topological polar surface area (TPSA) is 54.5 Å². The molecule has 1 aromatic carbocycles. The summed E-state index contributed by atoms with van der Waals surface area (Å²) in [6.07, 6.45) is 1.07. The van der Waals surface area contributed by atoms with Gasteiger partial charge in [0.15, 0.2) is 0 Å². The number of carbonyl (C=O) groups is 3. The molecule has 3 rings (SSSR count). The second-order valence-electron chi connectivity index (χ2n) is 5.49. The van der Waals surface area contributed by atoms with Crippen LogP contribution in [0.15, 0.2) is 24.3 Å². The molecule has 3 atom stereocenters. The van der Waals surface area contributed by atoms with Crippen LogP contribution in [0.2, 0.25) is 0 Å². The summed E-state index contributed by atoms with van der Waals surface area (Å²) in [7, 11) is 0. The van der Waals surface area contributed by atoms with Crippen molar-refractivity contribution < 1.29 is 14.4 Å². The summed E-state index contributed by atoms with van der Waals surface area (Å²) in [5, 5.41) is -0.237. The maximum Gasteiger partial charge on any atom is 0.262 e. The highest BCUT2D eigenvalue weighted by Gasteiger charge is 2.44. The van der Waals surface area contributed by atoms with Crippen LogP contribution < -0.4 is 0 Å². The van der Waals surface area contributed by atoms with Crippen LogP contribution in [0, 0.1) is 5.92 Å². The molecule has 6 heteroatoms. The van der Waals surface area contributed by atoms with Gasteiger partial charge in [-0.1, -0.05) is 41.6 Å². The number of hydrogen-bond donors (Lipinski definition) is 0. The highest BCUT2D eigenvalue weighted by Crippen LogP contribution is 2.39. The van der Waals surface area contributed by atoms with Crippen molar-refractivity contribution in [2.45, 2.75) is 29.1 Å². The Balaban J connectivity index is 1.85. The third kappa shape index (κ3) is 2.60. The van der Waals surface area contributed by atoms with Crippen LogP contribution in [-0.4, -0.2) is 37.5 Å². The minimum atomic E-state index is -0.237. The fraction of sp³-hybridized carbons (Fsp3) is 0.438. The lowest BCUT2D eigenvalue weighted by Crippen LogP contribution is -2.45. The molecular formula is C16H16INO3S. The van der Waals surface area contributed by atoms with Crippen LogP contribution >= 0.6 is 34.4 Å². The molecule has 116 valence electrons. The lowest BCUT2D eigenvalue weighted by atomic mass is 9.94. The summed E-state index contributed by atoms with van der Waals surface area (Å²) < 4.78 is 0.265. The quantitative estimate of drug-likeness (QED) is 0.421. The van der Waals surface area contributed by atoms with Gasteiger partial charge in [-0.05, 0) is 18.6 Å². The van der Waals surface area contributed by atoms with E-state index in [9.17, 15) is 14.4 Å². The van der Waals surface area contributed by atoms with E-state index in [1.54, 1.807) is 36.0 Å². The molecule has 0 aromatic heterocycles. The number of rotatable bonds is 3. The first kappa shape index (κ1) is 16.0. The molecule has 0 radical (unpaired) electrons. The van der Waals surface area contributed by atoms with Crippen molar-refractivity contribution >= 4 is 52.0 Å². The molecule has 2 amide bonds. The number of carbonyl (C=O) groups excluding carboxylic acids is 3. The normalized spacial score (nSPS) is 27.9. The lowest BCUT2D eigenvalue weighted by Gasteiger charge is -2.35. The van der Waals surface area contributed by atoms with Crippen molar-refractivity contribution in [1.82, 2.24) is 4.90 Å². The third-order valence-corrected chi connectivity index (χ3v) is 7.46. The molecule has 0 aliphatic carbocycles. The molecule has 1 saturated heterocycles. The SMILES string of the molecule is CCC(=O)C1CC(N2C(=O)c3ccccc3C2=O)SCC1I. The van der Waals surface area contributed by atoms with Gasteiger partial charge in [-0.25, -0.2) is 0 Å². The predicted molar refractivity (Wildman–Crippen MR) is 94.4 cm³/mol. The van der Waals surface area contributed by atoms with E-state index in [0.29, 0.717) is 24.0 Å². The minimum absolute atomic E-state index is 0.0684. The highest BCUT2D eigenvalue weighted by atomic mass is 127. The number of fused-ring (bicyclic) bond motifs is 1. The Morgan fingerprint density at radius 1 is 1.27 bits per heavy atom. The Labute approximate surface area is 147 Å². The molecule has 1 fully saturated rings. The largest absolute Gasteiger partial charge is 0.299 e. The monoisotopic (exact) mass is 429 g/mol. The number of alkyl halides is 1. The van der Waals surface area contributed by atoms with Gasteiger partial charge in [-0.15, -0.1) is 11.8 Å². The van der Waals surface area contributed by atoms with Crippen molar-refractivity contribution in [2.75, 3.05) is 5.75 Å². The van der Waals surface area contributed by atoms with Gasteiger partial charge in [-0.2, -0.15) is 0 Å². The summed E-state index contributed by atoms with van der Waals surface area (Å²) in [6.45, 7) is 1.87. The molecule has 22 heavy (non-hydrogen) atoms. The standard InChI is InChI=1S/C16H16INO3S/c1-2-13(19)11-7-14(22-8-12(11)17)18-15(20)9-5-3-4-6-10(9)16(18)21/h3-6,11-12,14H,2,7-8H2,1H3. The van der Waals surface area contributed by atoms with E-state index < -0.39 is 0 Å². The van der Waals surface area contributed by atoms with Gasteiger partial charge >= 0.3 is 0 Å². The summed E-state index contributed by atoms with van der Waals surface area (Å²) >= 11 is 3.91. The number of halogens is 1. The molecule has 3 unspecified atom stereocenters. The van der Waals surface area contributed by atoms with Gasteiger partial charge in [0.25, 0.3) is 11.8 Å². The highest BCUT2D eigenvalue weighted by molar-refractivity contribution is 14.1. The summed E-state index contributed by atoms with van der Waals surface area (Å²) in [5.41, 5.74) is 0.950. The number of Topliss-reactive ketones (excluding diaryl/α,β-unsaturated/α-hetero) is 1. The zero-order chi connectivity index (χ0) is 15.9. The molecular weight excluding hydrogens is 413 g/mol. The van der Waals surface area contributed by atoms with E-state index >= 15 is 0 Å². The summed E-state index contributed by atoms with van der Waals surface area (Å²) in [5.74, 6) is 0.484. The van der Waals surface area contributed by atoms with Crippen molar-refractivity contribution in [3.05, 3.63) is 35.4 Å². The molecule has 2 aliphatic rings. The van der Waals surface area contributed by atoms with Gasteiger partial charge in [0.2, 0.25) is 0 Å². The van der Waals surface area contributed by atoms with E-state index in [1.807, 2.05) is 6.92 Å². The van der Waals surface area contributed by atoms with Gasteiger partial charge in [0.1, 0.15) is 5.78 Å². The molecule has 0 bridgehead atoms. The van der Waals surface area contributed by atoms with Crippen molar-refractivity contribution in [1.29, 1.82) is 0 Å². The molecule has 0 saturated carbocycles. The van der Waals surface area contributed by atoms with Crippen LogP contribution in [0.5, 0.6) is 0 Å². The van der Waals surface area contributed by atoms with Gasteiger partial charge in [0.05, 0.1) is 16.5 Å². The molecule has 4 nitrogen and oxygen atoms in total. The zero-order valence-corrected chi connectivity index (χ0v) is 15.1. The zero-order valence-electron chi connectivity index (χ0n) is 12.1. The smallest absolute Gasteiger partial charge is 0.262 e. The summed E-state index contributed by atoms with van der Waals surface area (Å²) in [6, 6.07) is 6.93. The van der Waals surface area contributed by atoms with Crippen LogP contribution in [0.3, 0.4) is 0 Å². The van der Waals surface area contributed by atoms with Crippen molar-refractivity contribution in [3.63, 3.8) is 0 Å². The van der Waals surface area contributed by atoms with E-state index in [2.05, 4.69) is 22.6 Å². The van der Waals surface area contributed by atoms with Gasteiger partial charge < -0.3 is 0 Å². The third-order valence-electron chi connectivity index (χ3n) is 4.22. The average Bonchev–Trinajstić information content (AvgIpc) is 2.79. The van der Waals surface area contributed by atoms with Crippen molar-refractivity contribution in [3.8, 4) is 0 Å². The van der Waals surface area contributed by atoms with E-state index in [-0.39, 0.29) is 32.8 Å². The fourth-order valence-corrected chi connectivity index (χ4v) is 5.64. The fourth-order valence-electron chi connectivity index (χ4n) is 3.00. The lowest BCUT2D eigenvalue weighted by molar-refractivity contribution is -0.122. The maximum atomic E-state index is 12.5. The Hall–Kier alpha value is -0.890. The second-order valence-corrected chi connectivity index (χ2v) is 8.30. The Kier molecular flexibility index (Phi) is 4.59. The minimum Gasteiger partial charge on any atom is -0.299 e. The van der Waals surface area contributed by atoms with E-state index in [1.165, 1.54) is 4.90 Å². The summed E-state index contributed by atoms with van der Waals surface area (Å²) in [4.78, 5) is 38.5. The maximum absolute atomic E-state index is 12.5. The average molecular weight is 429 g/mol. The van der Waals surface area contributed by atoms with Crippen LogP contribution in [-0.2, 0) is 4.79 Å². The van der Waals surface area contributed by atoms with Gasteiger partial charge in [-0.3, -0.25) is 19.3 Å². The van der Waals surface area contributed by atoms with Crippen LogP contribution in [0.1, 0.15) is 40.5 Å². The van der Waals surface area contributed by atoms with Crippen LogP contribution in [0.4, 0.5) is 0 Å². The number of imide groups is 1. The Morgan fingerprint density at radius 2 is 1.86 bits per heavy atom. The molecule has 2 aliphatic heterocycles. The molecule has 0 N–H and O–H groups in total. The first-order valence-electron chi connectivity index (χ1n) is 7.30. The Bertz CT molecular complexity index is 613. The number of hydrogen-bond acceptors (Lipinski definition) is 4. The van der Waals surface area contributed by atoms with Crippen LogP contribution in [0.25, 0.3) is 0 Å². The number of amides is 2. The molecule has 0 spiro atoms. The molecule has 2 heterocycles. The second kappa shape index (κ2) is 6.31. The van der Waals surface area contributed by atoms with E-state index in [4.69, 9.17) is 0 Å². The number of nitrogens with zero attached hydrogens (tertiary/aromatic N) is 1. The molecule has 1 aromatic rings. The number of thioether (sulfide) groups is 1. The first-order valence-corrected chi connectivity index (χ1v) is 9.59. The number of benzene rings is 1. The Morgan fingerprint density at radius 3 is 2.41 bits per heavy atom. The predicted octanol–water partition coefficient (Wildman–Crippen LogP) is 3.14. The number of ketones is 1. The van der Waals surface area contributed by atoms with E-state index in [0.717, 1.165) is 5.75 Å². The van der Waals surface area contributed by atoms with Gasteiger partial charge in [0, 0.05) is 22.0 Å². The van der Waals surface area contributed by atoms with Crippen molar-refractivity contribution in [2.24, 2.45) is 5.92 Å².